The lowest BCUT2D eigenvalue weighted by Crippen LogP contribution is -2.50. The van der Waals surface area contributed by atoms with E-state index in [-0.39, 0.29) is 0 Å². The first-order chi connectivity index (χ1) is 6.93. The highest BCUT2D eigenvalue weighted by Crippen LogP contribution is 2.27. The van der Waals surface area contributed by atoms with Crippen molar-refractivity contribution in [2.45, 2.75) is 19.2 Å². The minimum absolute atomic E-state index is 0.377. The lowest BCUT2D eigenvalue weighted by Gasteiger charge is -2.28. The molecule has 3 nitrogen and oxygen atoms in total. The molecule has 3 heteroatoms. The van der Waals surface area contributed by atoms with E-state index in [2.05, 4.69) is 28.8 Å². The maximum atomic E-state index is 5.89. The Morgan fingerprint density at radius 2 is 2.07 bits per heavy atom. The first-order valence-electron chi connectivity index (χ1n) is 5.12. The zero-order valence-electron chi connectivity index (χ0n) is 8.05. The van der Waals surface area contributed by atoms with Gasteiger partial charge in [-0.1, -0.05) is 12.1 Å². The van der Waals surface area contributed by atoms with Gasteiger partial charge in [0.1, 0.15) is 11.9 Å². The fourth-order valence-electron chi connectivity index (χ4n) is 1.94. The first-order valence-corrected chi connectivity index (χ1v) is 5.12. The van der Waals surface area contributed by atoms with Crippen molar-refractivity contribution in [3.63, 3.8) is 0 Å². The van der Waals surface area contributed by atoms with Gasteiger partial charge in [0.05, 0.1) is 0 Å². The second kappa shape index (κ2) is 3.26. The molecule has 0 spiro atoms. The van der Waals surface area contributed by atoms with Crippen molar-refractivity contribution in [2.24, 2.45) is 0 Å². The zero-order valence-corrected chi connectivity index (χ0v) is 8.05. The summed E-state index contributed by atoms with van der Waals surface area (Å²) >= 11 is 0. The molecule has 14 heavy (non-hydrogen) atoms. The van der Waals surface area contributed by atoms with Gasteiger partial charge >= 0.3 is 0 Å². The average Bonchev–Trinajstić information content (AvgIpc) is 2.59. The monoisotopic (exact) mass is 190 g/mol. The van der Waals surface area contributed by atoms with E-state index < -0.39 is 0 Å². The minimum atomic E-state index is 0.377. The summed E-state index contributed by atoms with van der Waals surface area (Å²) in [7, 11) is 0. The minimum Gasteiger partial charge on any atom is -0.487 e. The molecule has 3 rings (SSSR count). The van der Waals surface area contributed by atoms with Crippen molar-refractivity contribution in [2.75, 3.05) is 13.1 Å². The van der Waals surface area contributed by atoms with Gasteiger partial charge in [-0.15, -0.1) is 0 Å². The smallest absolute Gasteiger partial charge is 0.124 e. The zero-order chi connectivity index (χ0) is 9.38. The summed E-state index contributed by atoms with van der Waals surface area (Å²) < 4.78 is 5.89. The standard InChI is InChI=1S/C11H14N2O/c1-2-8-4-12-7-10(8)11(3-1)14-9-5-13-6-9/h1-3,9,12-13H,4-7H2. The number of fused-ring (bicyclic) bond motifs is 1. The van der Waals surface area contributed by atoms with Gasteiger partial charge in [0.15, 0.2) is 0 Å². The third-order valence-corrected chi connectivity index (χ3v) is 2.88. The number of hydrogen-bond donors (Lipinski definition) is 2. The molecule has 74 valence electrons. The van der Waals surface area contributed by atoms with Crippen LogP contribution in [0, 0.1) is 0 Å². The van der Waals surface area contributed by atoms with Crippen LogP contribution in [-0.4, -0.2) is 19.2 Å². The molecule has 0 saturated carbocycles. The lowest BCUT2D eigenvalue weighted by molar-refractivity contribution is 0.141. The van der Waals surface area contributed by atoms with Crippen molar-refractivity contribution in [3.05, 3.63) is 29.3 Å². The van der Waals surface area contributed by atoms with Crippen LogP contribution in [0.15, 0.2) is 18.2 Å². The van der Waals surface area contributed by atoms with Crippen LogP contribution in [0.1, 0.15) is 11.1 Å². The Morgan fingerprint density at radius 1 is 1.14 bits per heavy atom. The predicted octanol–water partition coefficient (Wildman–Crippen LogP) is 0.640. The van der Waals surface area contributed by atoms with Gasteiger partial charge < -0.3 is 15.4 Å². The van der Waals surface area contributed by atoms with E-state index in [0.29, 0.717) is 6.10 Å². The second-order valence-corrected chi connectivity index (χ2v) is 3.90. The molecule has 0 atom stereocenters. The number of nitrogens with one attached hydrogen (secondary N) is 2. The molecule has 1 aromatic carbocycles. The summed E-state index contributed by atoms with van der Waals surface area (Å²) in [4.78, 5) is 0. The van der Waals surface area contributed by atoms with Crippen LogP contribution in [0.25, 0.3) is 0 Å². The Morgan fingerprint density at radius 3 is 2.86 bits per heavy atom. The number of ether oxygens (including phenoxy) is 1. The maximum absolute atomic E-state index is 5.89. The molecule has 0 unspecified atom stereocenters. The molecule has 2 N–H and O–H groups in total. The molecule has 0 bridgehead atoms. The molecular weight excluding hydrogens is 176 g/mol. The highest BCUT2D eigenvalue weighted by molar-refractivity contribution is 5.42. The van der Waals surface area contributed by atoms with E-state index in [0.717, 1.165) is 31.9 Å². The molecule has 0 aromatic heterocycles. The van der Waals surface area contributed by atoms with Crippen molar-refractivity contribution >= 4 is 0 Å². The molecule has 2 heterocycles. The Labute approximate surface area is 83.5 Å². The van der Waals surface area contributed by atoms with E-state index in [4.69, 9.17) is 4.74 Å². The van der Waals surface area contributed by atoms with Gasteiger partial charge in [-0.05, 0) is 11.6 Å². The van der Waals surface area contributed by atoms with Crippen molar-refractivity contribution in [1.82, 2.24) is 10.6 Å². The summed E-state index contributed by atoms with van der Waals surface area (Å²) in [5.41, 5.74) is 2.73. The highest BCUT2D eigenvalue weighted by Gasteiger charge is 2.21. The maximum Gasteiger partial charge on any atom is 0.124 e. The van der Waals surface area contributed by atoms with Gasteiger partial charge in [-0.25, -0.2) is 0 Å². The van der Waals surface area contributed by atoms with Crippen molar-refractivity contribution < 1.29 is 4.74 Å². The molecular formula is C11H14N2O. The summed E-state index contributed by atoms with van der Waals surface area (Å²) in [6.45, 7) is 3.90. The molecule has 0 aliphatic carbocycles. The summed E-state index contributed by atoms with van der Waals surface area (Å²) in [5.74, 6) is 1.07. The Balaban J connectivity index is 1.85. The van der Waals surface area contributed by atoms with E-state index in [1.54, 1.807) is 0 Å². The van der Waals surface area contributed by atoms with Gasteiger partial charge in [0, 0.05) is 31.7 Å². The van der Waals surface area contributed by atoms with Crippen LogP contribution in [0.5, 0.6) is 5.75 Å². The normalized spacial score (nSPS) is 20.3. The van der Waals surface area contributed by atoms with Crippen LogP contribution < -0.4 is 15.4 Å². The lowest BCUT2D eigenvalue weighted by atomic mass is 10.1. The van der Waals surface area contributed by atoms with Crippen molar-refractivity contribution in [1.29, 1.82) is 0 Å². The molecule has 0 radical (unpaired) electrons. The fourth-order valence-corrected chi connectivity index (χ4v) is 1.94. The van der Waals surface area contributed by atoms with Gasteiger partial charge in [-0.2, -0.15) is 0 Å². The van der Waals surface area contributed by atoms with Gasteiger partial charge in [-0.3, -0.25) is 0 Å². The van der Waals surface area contributed by atoms with Crippen LogP contribution in [0.2, 0.25) is 0 Å². The van der Waals surface area contributed by atoms with E-state index in [9.17, 15) is 0 Å². The van der Waals surface area contributed by atoms with Crippen LogP contribution >= 0.6 is 0 Å². The molecule has 1 aromatic rings. The van der Waals surface area contributed by atoms with Crippen LogP contribution in [0.3, 0.4) is 0 Å². The molecule has 1 fully saturated rings. The summed E-state index contributed by atoms with van der Waals surface area (Å²) in [5, 5.41) is 6.55. The third-order valence-electron chi connectivity index (χ3n) is 2.88. The predicted molar refractivity (Wildman–Crippen MR) is 54.3 cm³/mol. The molecule has 2 aliphatic rings. The Hall–Kier alpha value is -1.06. The van der Waals surface area contributed by atoms with Gasteiger partial charge in [0.2, 0.25) is 0 Å². The average molecular weight is 190 g/mol. The topological polar surface area (TPSA) is 33.3 Å². The highest BCUT2D eigenvalue weighted by atomic mass is 16.5. The summed E-state index contributed by atoms with van der Waals surface area (Å²) in [6, 6.07) is 6.32. The quantitative estimate of drug-likeness (QED) is 0.718. The van der Waals surface area contributed by atoms with Gasteiger partial charge in [0.25, 0.3) is 0 Å². The Kier molecular flexibility index (Phi) is 1.92. The number of benzene rings is 1. The largest absolute Gasteiger partial charge is 0.487 e. The van der Waals surface area contributed by atoms with E-state index in [1.165, 1.54) is 11.1 Å². The number of rotatable bonds is 2. The first kappa shape index (κ1) is 8.26. The van der Waals surface area contributed by atoms with E-state index >= 15 is 0 Å². The van der Waals surface area contributed by atoms with Crippen LogP contribution in [-0.2, 0) is 13.1 Å². The second-order valence-electron chi connectivity index (χ2n) is 3.90. The number of hydrogen-bond acceptors (Lipinski definition) is 3. The van der Waals surface area contributed by atoms with Crippen molar-refractivity contribution in [3.8, 4) is 5.75 Å². The third kappa shape index (κ3) is 1.29. The van der Waals surface area contributed by atoms with Crippen LogP contribution in [0.4, 0.5) is 0 Å². The van der Waals surface area contributed by atoms with E-state index in [1.807, 2.05) is 0 Å². The molecule has 2 aliphatic heterocycles. The molecule has 1 saturated heterocycles. The fraction of sp³-hybridized carbons (Fsp3) is 0.455. The molecule has 0 amide bonds. The SMILES string of the molecule is c1cc2c(c(OC3CNC3)c1)CNC2. The summed E-state index contributed by atoms with van der Waals surface area (Å²) in [6.07, 6.45) is 0.377. The Bertz CT molecular complexity index is 347.